The van der Waals surface area contributed by atoms with E-state index in [0.717, 1.165) is 22.4 Å². The predicted octanol–water partition coefficient (Wildman–Crippen LogP) is 6.10. The first-order valence-corrected chi connectivity index (χ1v) is 8.70. The normalized spacial score (nSPS) is 12.6. The van der Waals surface area contributed by atoms with E-state index in [1.807, 2.05) is 24.3 Å². The van der Waals surface area contributed by atoms with Crippen molar-refractivity contribution in [1.29, 1.82) is 0 Å². The fourth-order valence-corrected chi connectivity index (χ4v) is 2.96. The van der Waals surface area contributed by atoms with Crippen LogP contribution in [0.2, 0.25) is 0 Å². The molecule has 0 atom stereocenters. The van der Waals surface area contributed by atoms with Gasteiger partial charge >= 0.3 is 0 Å². The van der Waals surface area contributed by atoms with E-state index in [9.17, 15) is 0 Å². The van der Waals surface area contributed by atoms with E-state index in [0.29, 0.717) is 5.89 Å². The highest BCUT2D eigenvalue weighted by molar-refractivity contribution is 5.82. The lowest BCUT2D eigenvalue weighted by Crippen LogP contribution is -2.16. The highest BCUT2D eigenvalue weighted by Crippen LogP contribution is 2.38. The van der Waals surface area contributed by atoms with Crippen molar-refractivity contribution in [1.82, 2.24) is 4.98 Å². The molecule has 0 aliphatic carbocycles. The molecule has 132 valence electrons. The van der Waals surface area contributed by atoms with Crippen LogP contribution in [0.4, 0.5) is 0 Å². The fraction of sp³-hybridized carbons (Fsp3) is 0.409. The van der Waals surface area contributed by atoms with Crippen molar-refractivity contribution in [3.05, 3.63) is 47.5 Å². The van der Waals surface area contributed by atoms with Crippen molar-refractivity contribution in [3.8, 4) is 17.2 Å². The number of rotatable bonds is 2. The minimum atomic E-state index is -0.0307. The standard InChI is InChI=1S/C22H27NO2/c1-21(2,3)14-12-16(22(4,5)6)19-17(13-14)23-20(25-19)15-10-8-9-11-18(15)24-7/h8-13H,1-7H3. The molecule has 2 aromatic carbocycles. The van der Waals surface area contributed by atoms with Gasteiger partial charge in [-0.15, -0.1) is 0 Å². The van der Waals surface area contributed by atoms with Crippen LogP contribution in [0.15, 0.2) is 40.8 Å². The number of ether oxygens (including phenoxy) is 1. The average molecular weight is 337 g/mol. The second-order valence-electron chi connectivity index (χ2n) is 8.59. The summed E-state index contributed by atoms with van der Waals surface area (Å²) in [5.41, 5.74) is 5.11. The molecule has 0 saturated carbocycles. The fourth-order valence-electron chi connectivity index (χ4n) is 2.96. The summed E-state index contributed by atoms with van der Waals surface area (Å²) in [7, 11) is 1.67. The van der Waals surface area contributed by atoms with E-state index in [-0.39, 0.29) is 10.8 Å². The van der Waals surface area contributed by atoms with Crippen molar-refractivity contribution in [3.63, 3.8) is 0 Å². The zero-order chi connectivity index (χ0) is 18.4. The van der Waals surface area contributed by atoms with Gasteiger partial charge in [0.1, 0.15) is 11.3 Å². The molecule has 0 saturated heterocycles. The summed E-state index contributed by atoms with van der Waals surface area (Å²) < 4.78 is 11.7. The van der Waals surface area contributed by atoms with E-state index < -0.39 is 0 Å². The molecule has 3 rings (SSSR count). The number of para-hydroxylation sites is 1. The molecule has 1 aromatic heterocycles. The van der Waals surface area contributed by atoms with Crippen molar-refractivity contribution < 1.29 is 9.15 Å². The molecule has 0 spiro atoms. The van der Waals surface area contributed by atoms with Gasteiger partial charge in [-0.05, 0) is 34.6 Å². The summed E-state index contributed by atoms with van der Waals surface area (Å²) in [6.45, 7) is 13.3. The maximum absolute atomic E-state index is 6.23. The molecule has 3 heteroatoms. The zero-order valence-electron chi connectivity index (χ0n) is 16.2. The largest absolute Gasteiger partial charge is 0.496 e. The van der Waals surface area contributed by atoms with Crippen molar-refractivity contribution in [2.45, 2.75) is 52.4 Å². The third-order valence-corrected chi connectivity index (χ3v) is 4.50. The minimum absolute atomic E-state index is 0.0307. The number of aromatic nitrogens is 1. The van der Waals surface area contributed by atoms with Crippen LogP contribution < -0.4 is 4.74 Å². The quantitative estimate of drug-likeness (QED) is 0.567. The summed E-state index contributed by atoms with van der Waals surface area (Å²) in [6.07, 6.45) is 0. The Labute approximate surface area is 150 Å². The van der Waals surface area contributed by atoms with Crippen LogP contribution in [0.25, 0.3) is 22.6 Å². The van der Waals surface area contributed by atoms with Gasteiger partial charge in [0.05, 0.1) is 12.7 Å². The number of fused-ring (bicyclic) bond motifs is 1. The number of benzene rings is 2. The SMILES string of the molecule is COc1ccccc1-c1nc2cc(C(C)(C)C)cc(C(C)(C)C)c2o1. The Balaban J connectivity index is 2.30. The van der Waals surface area contributed by atoms with Crippen LogP contribution >= 0.6 is 0 Å². The Morgan fingerprint density at radius 3 is 2.20 bits per heavy atom. The molecule has 0 aliphatic rings. The van der Waals surface area contributed by atoms with Crippen LogP contribution in [0.3, 0.4) is 0 Å². The Morgan fingerprint density at radius 2 is 1.60 bits per heavy atom. The first-order valence-electron chi connectivity index (χ1n) is 8.70. The van der Waals surface area contributed by atoms with E-state index in [1.165, 1.54) is 11.1 Å². The van der Waals surface area contributed by atoms with Crippen molar-refractivity contribution in [2.75, 3.05) is 7.11 Å². The second kappa shape index (κ2) is 5.91. The minimum Gasteiger partial charge on any atom is -0.496 e. The number of hydrogen-bond donors (Lipinski definition) is 0. The lowest BCUT2D eigenvalue weighted by Gasteiger charge is -2.24. The first kappa shape index (κ1) is 17.5. The smallest absolute Gasteiger partial charge is 0.231 e. The molecule has 0 N–H and O–H groups in total. The Hall–Kier alpha value is -2.29. The maximum Gasteiger partial charge on any atom is 0.231 e. The molecular weight excluding hydrogens is 310 g/mol. The molecule has 0 fully saturated rings. The highest BCUT2D eigenvalue weighted by atomic mass is 16.5. The molecule has 25 heavy (non-hydrogen) atoms. The summed E-state index contributed by atoms with van der Waals surface area (Å²) in [4.78, 5) is 4.79. The molecule has 3 nitrogen and oxygen atoms in total. The summed E-state index contributed by atoms with van der Waals surface area (Å²) in [5.74, 6) is 1.37. The maximum atomic E-state index is 6.23. The summed E-state index contributed by atoms with van der Waals surface area (Å²) in [5, 5.41) is 0. The molecule has 3 aromatic rings. The van der Waals surface area contributed by atoms with Gasteiger partial charge in [0.25, 0.3) is 0 Å². The van der Waals surface area contributed by atoms with Crippen LogP contribution in [0, 0.1) is 0 Å². The molecule has 0 radical (unpaired) electrons. The lowest BCUT2D eigenvalue weighted by atomic mass is 9.80. The van der Waals surface area contributed by atoms with Crippen LogP contribution in [-0.2, 0) is 10.8 Å². The average Bonchev–Trinajstić information content (AvgIpc) is 2.95. The topological polar surface area (TPSA) is 35.3 Å². The van der Waals surface area contributed by atoms with Crippen molar-refractivity contribution >= 4 is 11.1 Å². The highest BCUT2D eigenvalue weighted by Gasteiger charge is 2.26. The van der Waals surface area contributed by atoms with Gasteiger partial charge in [0.15, 0.2) is 5.58 Å². The molecule has 0 amide bonds. The number of oxazole rings is 1. The van der Waals surface area contributed by atoms with Gasteiger partial charge in [-0.1, -0.05) is 59.7 Å². The molecule has 0 aliphatic heterocycles. The molecular formula is C22H27NO2. The monoisotopic (exact) mass is 337 g/mol. The van der Waals surface area contributed by atoms with E-state index in [2.05, 4.69) is 53.7 Å². The van der Waals surface area contributed by atoms with Gasteiger partial charge in [0, 0.05) is 5.56 Å². The van der Waals surface area contributed by atoms with Gasteiger partial charge in [-0.3, -0.25) is 0 Å². The number of methoxy groups -OCH3 is 1. The molecule has 0 bridgehead atoms. The van der Waals surface area contributed by atoms with Crippen LogP contribution in [-0.4, -0.2) is 12.1 Å². The molecule has 1 heterocycles. The van der Waals surface area contributed by atoms with Gasteiger partial charge < -0.3 is 9.15 Å². The zero-order valence-corrected chi connectivity index (χ0v) is 16.2. The van der Waals surface area contributed by atoms with E-state index >= 15 is 0 Å². The Morgan fingerprint density at radius 1 is 0.920 bits per heavy atom. The molecule has 0 unspecified atom stereocenters. The van der Waals surface area contributed by atoms with E-state index in [4.69, 9.17) is 14.1 Å². The predicted molar refractivity (Wildman–Crippen MR) is 103 cm³/mol. The third kappa shape index (κ3) is 3.28. The Bertz CT molecular complexity index is 908. The summed E-state index contributed by atoms with van der Waals surface area (Å²) in [6, 6.07) is 12.2. The van der Waals surface area contributed by atoms with E-state index in [1.54, 1.807) is 7.11 Å². The van der Waals surface area contributed by atoms with Gasteiger partial charge in [0.2, 0.25) is 5.89 Å². The summed E-state index contributed by atoms with van der Waals surface area (Å²) >= 11 is 0. The van der Waals surface area contributed by atoms with Gasteiger partial charge in [-0.2, -0.15) is 0 Å². The number of hydrogen-bond acceptors (Lipinski definition) is 3. The first-order chi connectivity index (χ1) is 11.6. The third-order valence-electron chi connectivity index (χ3n) is 4.50. The van der Waals surface area contributed by atoms with Crippen LogP contribution in [0.1, 0.15) is 52.7 Å². The second-order valence-corrected chi connectivity index (χ2v) is 8.59. The lowest BCUT2D eigenvalue weighted by molar-refractivity contribution is 0.414. The Kier molecular flexibility index (Phi) is 4.14. The van der Waals surface area contributed by atoms with Crippen molar-refractivity contribution in [2.24, 2.45) is 0 Å². The van der Waals surface area contributed by atoms with Gasteiger partial charge in [-0.25, -0.2) is 4.98 Å². The number of nitrogens with zero attached hydrogens (tertiary/aromatic N) is 1. The van der Waals surface area contributed by atoms with Crippen LogP contribution in [0.5, 0.6) is 5.75 Å².